The summed E-state index contributed by atoms with van der Waals surface area (Å²) in [5.74, 6) is -0.582. The third-order valence-corrected chi connectivity index (χ3v) is 4.92. The van der Waals surface area contributed by atoms with Crippen molar-refractivity contribution in [3.8, 4) is 0 Å². The van der Waals surface area contributed by atoms with E-state index < -0.39 is 0 Å². The number of benzene rings is 2. The molecule has 0 saturated carbocycles. The summed E-state index contributed by atoms with van der Waals surface area (Å²) in [7, 11) is 0. The maximum absolute atomic E-state index is 12.4. The summed E-state index contributed by atoms with van der Waals surface area (Å²) >= 11 is 3.31. The number of anilines is 1. The van der Waals surface area contributed by atoms with Gasteiger partial charge in [0.15, 0.2) is 0 Å². The van der Waals surface area contributed by atoms with Crippen molar-refractivity contribution in [2.24, 2.45) is 0 Å². The minimum atomic E-state index is -0.304. The number of halogens is 1. The Labute approximate surface area is 166 Å². The third-order valence-electron chi connectivity index (χ3n) is 4.42. The zero-order valence-corrected chi connectivity index (χ0v) is 16.5. The first-order chi connectivity index (χ1) is 13.0. The molecule has 1 heterocycles. The van der Waals surface area contributed by atoms with Gasteiger partial charge in [-0.15, -0.1) is 0 Å². The van der Waals surface area contributed by atoms with Gasteiger partial charge in [0, 0.05) is 23.2 Å². The fraction of sp³-hybridized carbons (Fsp3) is 0.250. The molecule has 6 nitrogen and oxygen atoms in total. The third kappa shape index (κ3) is 4.19. The minimum Gasteiger partial charge on any atom is -0.338 e. The van der Waals surface area contributed by atoms with Gasteiger partial charge in [-0.3, -0.25) is 14.5 Å². The Morgan fingerprint density at radius 2 is 1.81 bits per heavy atom. The molecule has 1 aliphatic heterocycles. The number of amides is 4. The molecule has 3 rings (SSSR count). The lowest BCUT2D eigenvalue weighted by atomic mass is 10.1. The number of aryl methyl sites for hydroxylation is 1. The Kier molecular flexibility index (Phi) is 5.91. The zero-order chi connectivity index (χ0) is 19.4. The lowest BCUT2D eigenvalue weighted by Crippen LogP contribution is -2.35. The van der Waals surface area contributed by atoms with E-state index in [-0.39, 0.29) is 24.4 Å². The van der Waals surface area contributed by atoms with Crippen LogP contribution in [0.15, 0.2) is 46.9 Å². The lowest BCUT2D eigenvalue weighted by molar-refractivity contribution is 0.0653. The molecular weight excluding hydrogens is 410 g/mol. The molecule has 0 aliphatic carbocycles. The highest BCUT2D eigenvalue weighted by Crippen LogP contribution is 2.26. The number of carbonyl (C=O) groups excluding carboxylic acids is 3. The van der Waals surface area contributed by atoms with E-state index in [1.54, 1.807) is 18.2 Å². The Morgan fingerprint density at radius 1 is 1.07 bits per heavy atom. The highest BCUT2D eigenvalue weighted by Gasteiger charge is 2.34. The number of para-hydroxylation sites is 1. The van der Waals surface area contributed by atoms with Gasteiger partial charge in [-0.25, -0.2) is 4.79 Å². The monoisotopic (exact) mass is 429 g/mol. The van der Waals surface area contributed by atoms with Crippen LogP contribution in [0.2, 0.25) is 0 Å². The number of fused-ring (bicyclic) bond motifs is 1. The van der Waals surface area contributed by atoms with Crippen molar-refractivity contribution in [2.45, 2.75) is 19.8 Å². The van der Waals surface area contributed by atoms with Crippen LogP contribution >= 0.6 is 15.9 Å². The van der Waals surface area contributed by atoms with E-state index >= 15 is 0 Å². The fourth-order valence-electron chi connectivity index (χ4n) is 3.02. The minimum absolute atomic E-state index is 0.260. The molecule has 7 heteroatoms. The van der Waals surface area contributed by atoms with Gasteiger partial charge in [0.1, 0.15) is 0 Å². The summed E-state index contributed by atoms with van der Waals surface area (Å²) in [4.78, 5) is 38.0. The van der Waals surface area contributed by atoms with Gasteiger partial charge in [0.05, 0.1) is 11.1 Å². The molecule has 140 valence electrons. The van der Waals surface area contributed by atoms with Crippen LogP contribution in [-0.4, -0.2) is 35.8 Å². The van der Waals surface area contributed by atoms with Crippen molar-refractivity contribution in [3.05, 3.63) is 63.6 Å². The smallest absolute Gasteiger partial charge is 0.319 e. The maximum Gasteiger partial charge on any atom is 0.319 e. The van der Waals surface area contributed by atoms with Crippen LogP contribution in [0.3, 0.4) is 0 Å². The van der Waals surface area contributed by atoms with Crippen molar-refractivity contribution in [1.29, 1.82) is 0 Å². The van der Waals surface area contributed by atoms with E-state index in [1.165, 1.54) is 4.90 Å². The fourth-order valence-corrected chi connectivity index (χ4v) is 3.38. The van der Waals surface area contributed by atoms with E-state index in [0.29, 0.717) is 24.1 Å². The average Bonchev–Trinajstić information content (AvgIpc) is 2.89. The van der Waals surface area contributed by atoms with Gasteiger partial charge < -0.3 is 10.6 Å². The van der Waals surface area contributed by atoms with Gasteiger partial charge in [-0.2, -0.15) is 0 Å². The number of rotatable bonds is 6. The molecule has 0 spiro atoms. The average molecular weight is 430 g/mol. The highest BCUT2D eigenvalue weighted by molar-refractivity contribution is 9.10. The Bertz CT molecular complexity index is 898. The molecule has 1 aliphatic rings. The first kappa shape index (κ1) is 19.1. The molecule has 27 heavy (non-hydrogen) atoms. The molecule has 0 unspecified atom stereocenters. The van der Waals surface area contributed by atoms with Crippen molar-refractivity contribution in [3.63, 3.8) is 0 Å². The summed E-state index contributed by atoms with van der Waals surface area (Å²) in [6, 6.07) is 12.4. The number of nitrogens with zero attached hydrogens (tertiary/aromatic N) is 1. The van der Waals surface area contributed by atoms with E-state index in [4.69, 9.17) is 0 Å². The van der Waals surface area contributed by atoms with Crippen LogP contribution in [0.25, 0.3) is 0 Å². The quantitative estimate of drug-likeness (QED) is 0.540. The van der Waals surface area contributed by atoms with Crippen molar-refractivity contribution >= 4 is 39.5 Å². The summed E-state index contributed by atoms with van der Waals surface area (Å²) in [5.41, 5.74) is 2.68. The summed E-state index contributed by atoms with van der Waals surface area (Å²) in [6.45, 7) is 2.64. The van der Waals surface area contributed by atoms with Crippen LogP contribution in [0.1, 0.15) is 39.6 Å². The normalized spacial score (nSPS) is 12.9. The predicted octanol–water partition coefficient (Wildman–Crippen LogP) is 3.82. The number of imide groups is 1. The molecular formula is C20H20BrN3O3. The van der Waals surface area contributed by atoms with Crippen molar-refractivity contribution in [2.75, 3.05) is 18.4 Å². The topological polar surface area (TPSA) is 78.5 Å². The molecule has 4 amide bonds. The maximum atomic E-state index is 12.4. The number of carbonyl (C=O) groups is 3. The molecule has 0 saturated heterocycles. The van der Waals surface area contributed by atoms with E-state index in [9.17, 15) is 14.4 Å². The standard InChI is InChI=1S/C20H20BrN3O3/c1-2-13-6-3-4-7-17(13)23-20(27)22-10-5-11-24-18(25)15-9-8-14(21)12-16(15)19(24)26/h3-4,6-9,12H,2,5,10-11H2,1H3,(H2,22,23,27). The molecule has 0 aromatic heterocycles. The summed E-state index contributed by atoms with van der Waals surface area (Å²) in [5, 5.41) is 5.58. The molecule has 0 atom stereocenters. The predicted molar refractivity (Wildman–Crippen MR) is 107 cm³/mol. The van der Waals surface area contributed by atoms with E-state index in [2.05, 4.69) is 26.6 Å². The number of hydrogen-bond acceptors (Lipinski definition) is 3. The van der Waals surface area contributed by atoms with Crippen LogP contribution < -0.4 is 10.6 Å². The molecule has 2 aromatic rings. The van der Waals surface area contributed by atoms with E-state index in [1.807, 2.05) is 31.2 Å². The number of hydrogen-bond donors (Lipinski definition) is 2. The Hall–Kier alpha value is -2.67. The van der Waals surface area contributed by atoms with Gasteiger partial charge in [-0.05, 0) is 42.7 Å². The van der Waals surface area contributed by atoms with Gasteiger partial charge >= 0.3 is 6.03 Å². The number of urea groups is 1. The van der Waals surface area contributed by atoms with Gasteiger partial charge in [0.2, 0.25) is 0 Å². The van der Waals surface area contributed by atoms with Crippen LogP contribution in [-0.2, 0) is 6.42 Å². The first-order valence-corrected chi connectivity index (χ1v) is 9.59. The second kappa shape index (κ2) is 8.35. The Morgan fingerprint density at radius 3 is 2.59 bits per heavy atom. The molecule has 2 N–H and O–H groups in total. The summed E-state index contributed by atoms with van der Waals surface area (Å²) < 4.78 is 0.759. The SMILES string of the molecule is CCc1ccccc1NC(=O)NCCCN1C(=O)c2ccc(Br)cc2C1=O. The van der Waals surface area contributed by atoms with Crippen molar-refractivity contribution < 1.29 is 14.4 Å². The largest absolute Gasteiger partial charge is 0.338 e. The van der Waals surface area contributed by atoms with Crippen LogP contribution in [0, 0.1) is 0 Å². The molecule has 0 fully saturated rings. The summed E-state index contributed by atoms with van der Waals surface area (Å²) in [6.07, 6.45) is 1.31. The molecule has 2 aromatic carbocycles. The number of nitrogens with one attached hydrogen (secondary N) is 2. The Balaban J connectivity index is 1.49. The van der Waals surface area contributed by atoms with E-state index in [0.717, 1.165) is 22.1 Å². The highest BCUT2D eigenvalue weighted by atomic mass is 79.9. The molecule has 0 bridgehead atoms. The lowest BCUT2D eigenvalue weighted by Gasteiger charge is -2.14. The molecule has 0 radical (unpaired) electrons. The second-order valence-electron chi connectivity index (χ2n) is 6.20. The van der Waals surface area contributed by atoms with Gasteiger partial charge in [-0.1, -0.05) is 41.1 Å². The second-order valence-corrected chi connectivity index (χ2v) is 7.11. The van der Waals surface area contributed by atoms with Crippen LogP contribution in [0.4, 0.5) is 10.5 Å². The van der Waals surface area contributed by atoms with Crippen molar-refractivity contribution in [1.82, 2.24) is 10.2 Å². The van der Waals surface area contributed by atoms with Crippen LogP contribution in [0.5, 0.6) is 0 Å². The zero-order valence-electron chi connectivity index (χ0n) is 14.9. The first-order valence-electron chi connectivity index (χ1n) is 8.79. The van der Waals surface area contributed by atoms with Gasteiger partial charge in [0.25, 0.3) is 11.8 Å².